The summed E-state index contributed by atoms with van der Waals surface area (Å²) in [5.41, 5.74) is 0. The van der Waals surface area contributed by atoms with E-state index in [0.717, 1.165) is 19.4 Å². The highest BCUT2D eigenvalue weighted by molar-refractivity contribution is 5.63. The van der Waals surface area contributed by atoms with Gasteiger partial charge in [-0.05, 0) is 19.3 Å². The summed E-state index contributed by atoms with van der Waals surface area (Å²) in [6.07, 6.45) is 28.2. The number of pyridine rings is 1. The van der Waals surface area contributed by atoms with Crippen LogP contribution in [0, 0.1) is 0 Å². The molecule has 0 spiro atoms. The molecule has 0 fully saturated rings. The van der Waals surface area contributed by atoms with Crippen molar-refractivity contribution in [3.8, 4) is 0 Å². The predicted molar refractivity (Wildman–Crippen MR) is 119 cm³/mol. The number of hydrogen-bond donors (Lipinski definition) is 0. The topological polar surface area (TPSA) is 44.0 Å². The molecule has 166 valence electrons. The number of aryl methyl sites for hydroxylation is 1. The van der Waals surface area contributed by atoms with Crippen molar-refractivity contribution in [2.24, 2.45) is 0 Å². The number of carboxylic acid groups (broad SMARTS) is 1. The summed E-state index contributed by atoms with van der Waals surface area (Å²) in [6, 6.07) is 6.29. The summed E-state index contributed by atoms with van der Waals surface area (Å²) in [7, 11) is 0. The molecular weight excluding hydrogens is 358 g/mol. The molecule has 29 heavy (non-hydrogen) atoms. The molecule has 0 aliphatic carbocycles. The van der Waals surface area contributed by atoms with Gasteiger partial charge in [0.15, 0.2) is 12.4 Å². The lowest BCUT2D eigenvalue weighted by Crippen LogP contribution is -2.32. The highest BCUT2D eigenvalue weighted by Crippen LogP contribution is 2.14. The average Bonchev–Trinajstić information content (AvgIpc) is 2.73. The first-order valence-corrected chi connectivity index (χ1v) is 12.4. The zero-order valence-electron chi connectivity index (χ0n) is 18.8. The van der Waals surface area contributed by atoms with Gasteiger partial charge >= 0.3 is 0 Å². The standard InChI is InChI=1S/C26H45NO2/c28-26(29)22-18-15-13-11-9-7-5-3-1-2-4-6-8-10-12-14-16-19-23-27-24-20-17-21-25-27/h17,20-21,24-25H,1-16,18-19,22-23H2. The van der Waals surface area contributed by atoms with Crippen molar-refractivity contribution in [1.29, 1.82) is 0 Å². The monoisotopic (exact) mass is 403 g/mol. The molecule has 1 heterocycles. The zero-order valence-corrected chi connectivity index (χ0v) is 18.8. The molecule has 0 aliphatic rings. The number of carbonyl (C=O) groups excluding carboxylic acids is 1. The predicted octanol–water partition coefficient (Wildman–Crippen LogP) is 6.14. The van der Waals surface area contributed by atoms with Crippen LogP contribution in [0.25, 0.3) is 0 Å². The van der Waals surface area contributed by atoms with Crippen molar-refractivity contribution < 1.29 is 14.5 Å². The second-order valence-electron chi connectivity index (χ2n) is 8.60. The van der Waals surface area contributed by atoms with E-state index in [1.807, 2.05) is 0 Å². The molecule has 0 amide bonds. The summed E-state index contributed by atoms with van der Waals surface area (Å²) >= 11 is 0. The van der Waals surface area contributed by atoms with Crippen molar-refractivity contribution in [3.05, 3.63) is 30.6 Å². The molecule has 3 nitrogen and oxygen atoms in total. The Kier molecular flexibility index (Phi) is 17.6. The van der Waals surface area contributed by atoms with E-state index >= 15 is 0 Å². The normalized spacial score (nSPS) is 11.0. The van der Waals surface area contributed by atoms with Gasteiger partial charge in [0.05, 0.1) is 0 Å². The van der Waals surface area contributed by atoms with E-state index < -0.39 is 5.97 Å². The summed E-state index contributed by atoms with van der Waals surface area (Å²) in [5.74, 6) is -0.904. The molecular formula is C26H45NO2. The molecule has 1 rings (SSSR count). The highest BCUT2D eigenvalue weighted by atomic mass is 16.4. The molecule has 0 bridgehead atoms. The Hall–Kier alpha value is -1.38. The quantitative estimate of drug-likeness (QED) is 0.183. The smallest absolute Gasteiger partial charge is 0.168 e. The zero-order chi connectivity index (χ0) is 20.8. The first-order valence-electron chi connectivity index (χ1n) is 12.4. The maximum atomic E-state index is 10.3. The minimum Gasteiger partial charge on any atom is -0.550 e. The third-order valence-corrected chi connectivity index (χ3v) is 5.82. The van der Waals surface area contributed by atoms with Gasteiger partial charge in [-0.25, -0.2) is 4.57 Å². The molecule has 0 unspecified atom stereocenters. The van der Waals surface area contributed by atoms with Crippen molar-refractivity contribution in [3.63, 3.8) is 0 Å². The van der Waals surface area contributed by atoms with Crippen molar-refractivity contribution >= 4 is 5.97 Å². The SMILES string of the molecule is O=C([O-])CCCCCCCCCCCCCCCCCCCC[n+]1ccccc1. The average molecular weight is 404 g/mol. The highest BCUT2D eigenvalue weighted by Gasteiger charge is 1.98. The molecule has 0 radical (unpaired) electrons. The maximum absolute atomic E-state index is 10.3. The lowest BCUT2D eigenvalue weighted by molar-refractivity contribution is -0.697. The molecule has 0 saturated heterocycles. The Labute approximate surface area is 179 Å². The van der Waals surface area contributed by atoms with E-state index in [1.165, 1.54) is 103 Å². The number of rotatable bonds is 21. The van der Waals surface area contributed by atoms with Crippen LogP contribution in [0.2, 0.25) is 0 Å². The van der Waals surface area contributed by atoms with Gasteiger partial charge in [-0.1, -0.05) is 102 Å². The minimum absolute atomic E-state index is 0.230. The lowest BCUT2D eigenvalue weighted by Gasteiger charge is -2.04. The Balaban J connectivity index is 1.67. The summed E-state index contributed by atoms with van der Waals surface area (Å²) < 4.78 is 2.28. The third-order valence-electron chi connectivity index (χ3n) is 5.82. The van der Waals surface area contributed by atoms with Crippen LogP contribution in [0.5, 0.6) is 0 Å². The third kappa shape index (κ3) is 18.4. The number of carbonyl (C=O) groups is 1. The molecule has 1 aromatic heterocycles. The molecule has 0 N–H and O–H groups in total. The van der Waals surface area contributed by atoms with Crippen LogP contribution in [0.15, 0.2) is 30.6 Å². The van der Waals surface area contributed by atoms with E-state index in [2.05, 4.69) is 35.2 Å². The summed E-state index contributed by atoms with van der Waals surface area (Å²) in [5, 5.41) is 10.3. The van der Waals surface area contributed by atoms with Crippen LogP contribution in [-0.2, 0) is 11.3 Å². The Morgan fingerprint density at radius 1 is 0.517 bits per heavy atom. The Morgan fingerprint density at radius 2 is 0.862 bits per heavy atom. The largest absolute Gasteiger partial charge is 0.550 e. The summed E-state index contributed by atoms with van der Waals surface area (Å²) in [4.78, 5) is 10.3. The van der Waals surface area contributed by atoms with Crippen molar-refractivity contribution in [1.82, 2.24) is 0 Å². The van der Waals surface area contributed by atoms with Gasteiger partial charge in [-0.3, -0.25) is 0 Å². The van der Waals surface area contributed by atoms with Gasteiger partial charge in [-0.15, -0.1) is 0 Å². The Morgan fingerprint density at radius 3 is 1.24 bits per heavy atom. The van der Waals surface area contributed by atoms with Gasteiger partial charge in [0.25, 0.3) is 0 Å². The van der Waals surface area contributed by atoms with E-state index in [9.17, 15) is 9.90 Å². The van der Waals surface area contributed by atoms with Crippen LogP contribution in [0.4, 0.5) is 0 Å². The molecule has 3 heteroatoms. The number of carboxylic acids is 1. The number of aromatic nitrogens is 1. The summed E-state index contributed by atoms with van der Waals surface area (Å²) in [6.45, 7) is 1.16. The first kappa shape index (κ1) is 25.7. The molecule has 0 aromatic carbocycles. The molecule has 0 atom stereocenters. The van der Waals surface area contributed by atoms with Gasteiger partial charge < -0.3 is 9.90 Å². The number of hydrogen-bond acceptors (Lipinski definition) is 2. The lowest BCUT2D eigenvalue weighted by atomic mass is 10.0. The van der Waals surface area contributed by atoms with Gasteiger partial charge in [0.2, 0.25) is 0 Å². The first-order chi connectivity index (χ1) is 14.3. The van der Waals surface area contributed by atoms with E-state index in [-0.39, 0.29) is 6.42 Å². The van der Waals surface area contributed by atoms with E-state index in [1.54, 1.807) is 0 Å². The van der Waals surface area contributed by atoms with E-state index in [4.69, 9.17) is 0 Å². The minimum atomic E-state index is -0.904. The molecule has 0 aliphatic heterocycles. The van der Waals surface area contributed by atoms with Crippen LogP contribution >= 0.6 is 0 Å². The fraction of sp³-hybridized carbons (Fsp3) is 0.769. The second kappa shape index (κ2) is 19.9. The maximum Gasteiger partial charge on any atom is 0.168 e. The number of nitrogens with zero attached hydrogens (tertiary/aromatic N) is 1. The Bertz CT molecular complexity index is 475. The van der Waals surface area contributed by atoms with Crippen molar-refractivity contribution in [2.75, 3.05) is 0 Å². The van der Waals surface area contributed by atoms with Crippen LogP contribution < -0.4 is 9.67 Å². The fourth-order valence-corrected chi connectivity index (χ4v) is 3.98. The van der Waals surface area contributed by atoms with Crippen molar-refractivity contribution in [2.45, 2.75) is 129 Å². The van der Waals surface area contributed by atoms with Gasteiger partial charge in [0, 0.05) is 24.5 Å². The molecule has 0 saturated carbocycles. The number of unbranched alkanes of at least 4 members (excludes halogenated alkanes) is 17. The van der Waals surface area contributed by atoms with Gasteiger partial charge in [0.1, 0.15) is 6.54 Å². The second-order valence-corrected chi connectivity index (χ2v) is 8.60. The van der Waals surface area contributed by atoms with Gasteiger partial charge in [-0.2, -0.15) is 0 Å². The molecule has 1 aromatic rings. The number of aliphatic carboxylic acids is 1. The fourth-order valence-electron chi connectivity index (χ4n) is 3.98. The van der Waals surface area contributed by atoms with Crippen LogP contribution in [0.1, 0.15) is 122 Å². The van der Waals surface area contributed by atoms with Crippen LogP contribution in [-0.4, -0.2) is 5.97 Å². The van der Waals surface area contributed by atoms with Crippen LogP contribution in [0.3, 0.4) is 0 Å². The van der Waals surface area contributed by atoms with E-state index in [0.29, 0.717) is 0 Å².